The molecule has 3 nitrogen and oxygen atoms in total. The number of nitrogens with zero attached hydrogens (tertiary/aromatic N) is 2. The Morgan fingerprint density at radius 2 is 2.10 bits per heavy atom. The predicted molar refractivity (Wildman–Crippen MR) is 87.1 cm³/mol. The molecule has 0 aliphatic rings. The van der Waals surface area contributed by atoms with Gasteiger partial charge in [0, 0.05) is 39.4 Å². The Kier molecular flexibility index (Phi) is 4.18. The molecule has 1 N–H and O–H groups in total. The van der Waals surface area contributed by atoms with Gasteiger partial charge >= 0.3 is 0 Å². The minimum atomic E-state index is 0.811. The van der Waals surface area contributed by atoms with E-state index in [1.807, 2.05) is 16.9 Å². The fourth-order valence-electron chi connectivity index (χ4n) is 1.94. The van der Waals surface area contributed by atoms with Gasteiger partial charge in [0.05, 0.1) is 6.54 Å². The molecule has 0 saturated heterocycles. The molecule has 0 aliphatic heterocycles. The molecule has 0 saturated carbocycles. The summed E-state index contributed by atoms with van der Waals surface area (Å²) in [5.41, 5.74) is 2.39. The number of halogens is 1. The summed E-state index contributed by atoms with van der Waals surface area (Å²) in [4.78, 5) is 1.32. The van der Waals surface area contributed by atoms with Crippen molar-refractivity contribution < 1.29 is 0 Å². The molecule has 0 atom stereocenters. The van der Waals surface area contributed by atoms with Crippen LogP contribution < -0.4 is 5.32 Å². The predicted octanol–water partition coefficient (Wildman–Crippen LogP) is 4.37. The van der Waals surface area contributed by atoms with Crippen molar-refractivity contribution in [1.82, 2.24) is 9.78 Å². The molecule has 5 heteroatoms. The van der Waals surface area contributed by atoms with Crippen LogP contribution in [0.25, 0.3) is 0 Å². The molecule has 0 unspecified atom stereocenters. The lowest BCUT2D eigenvalue weighted by Gasteiger charge is -2.07. The monoisotopic (exact) mass is 347 g/mol. The molecule has 1 aromatic carbocycles. The number of hydrogen-bond acceptors (Lipinski definition) is 3. The normalized spacial score (nSPS) is 10.7. The van der Waals surface area contributed by atoms with Crippen molar-refractivity contribution in [1.29, 1.82) is 0 Å². The number of hydrogen-bond donors (Lipinski definition) is 1. The second-order valence-electron chi connectivity index (χ2n) is 4.49. The Bertz CT molecular complexity index is 659. The molecule has 0 bridgehead atoms. The van der Waals surface area contributed by atoms with Gasteiger partial charge in [0.1, 0.15) is 0 Å². The molecule has 0 spiro atoms. The molecule has 2 heterocycles. The Hall–Kier alpha value is -1.59. The first-order valence-corrected chi connectivity index (χ1v) is 8.00. The molecule has 0 aliphatic carbocycles. The first-order valence-electron chi connectivity index (χ1n) is 6.33. The third kappa shape index (κ3) is 3.49. The summed E-state index contributed by atoms with van der Waals surface area (Å²) in [5, 5.41) is 9.74. The second kappa shape index (κ2) is 6.24. The lowest BCUT2D eigenvalue weighted by atomic mass is 10.2. The maximum Gasteiger partial charge on any atom is 0.0659 e. The van der Waals surface area contributed by atoms with Gasteiger partial charge in [-0.3, -0.25) is 4.68 Å². The highest BCUT2D eigenvalue weighted by molar-refractivity contribution is 9.10. The maximum atomic E-state index is 4.21. The van der Waals surface area contributed by atoms with Gasteiger partial charge in [0.15, 0.2) is 0 Å². The van der Waals surface area contributed by atoms with Gasteiger partial charge in [-0.1, -0.05) is 12.1 Å². The second-order valence-corrected chi connectivity index (χ2v) is 6.40. The van der Waals surface area contributed by atoms with E-state index in [1.54, 1.807) is 17.5 Å². The Morgan fingerprint density at radius 1 is 1.25 bits per heavy atom. The highest BCUT2D eigenvalue weighted by atomic mass is 79.9. The van der Waals surface area contributed by atoms with E-state index in [9.17, 15) is 0 Å². The van der Waals surface area contributed by atoms with Gasteiger partial charge in [0.2, 0.25) is 0 Å². The van der Waals surface area contributed by atoms with Gasteiger partial charge in [-0.2, -0.15) is 5.10 Å². The number of anilines is 1. The molecule has 3 aromatic rings. The van der Waals surface area contributed by atoms with Gasteiger partial charge < -0.3 is 5.32 Å². The van der Waals surface area contributed by atoms with Crippen molar-refractivity contribution in [2.45, 2.75) is 13.1 Å². The van der Waals surface area contributed by atoms with Crippen LogP contribution in [0.3, 0.4) is 0 Å². The summed E-state index contributed by atoms with van der Waals surface area (Å²) < 4.78 is 3.07. The zero-order valence-corrected chi connectivity index (χ0v) is 13.2. The summed E-state index contributed by atoms with van der Waals surface area (Å²) in [6.45, 7) is 1.67. The molecule has 2 aromatic heterocycles. The standard InChI is InChI=1S/C15H14BrN3S/c16-13-8-15(20-11-13)9-17-14-4-2-12(3-5-14)10-19-7-1-6-18-19/h1-8,11,17H,9-10H2. The van der Waals surface area contributed by atoms with Crippen LogP contribution in [0.4, 0.5) is 5.69 Å². The first-order chi connectivity index (χ1) is 9.79. The van der Waals surface area contributed by atoms with Crippen molar-refractivity contribution in [3.05, 3.63) is 69.1 Å². The van der Waals surface area contributed by atoms with E-state index in [-0.39, 0.29) is 0 Å². The van der Waals surface area contributed by atoms with Gasteiger partial charge in [0.25, 0.3) is 0 Å². The van der Waals surface area contributed by atoms with Gasteiger partial charge in [-0.05, 0) is 45.8 Å². The van der Waals surface area contributed by atoms with Gasteiger partial charge in [-0.25, -0.2) is 0 Å². The molecule has 102 valence electrons. The quantitative estimate of drug-likeness (QED) is 0.742. The van der Waals surface area contributed by atoms with Crippen LogP contribution in [0.1, 0.15) is 10.4 Å². The largest absolute Gasteiger partial charge is 0.380 e. The fourth-order valence-corrected chi connectivity index (χ4v) is 3.34. The zero-order valence-electron chi connectivity index (χ0n) is 10.8. The van der Waals surface area contributed by atoms with Crippen LogP contribution in [0, 0.1) is 0 Å². The number of thiophene rings is 1. The average molecular weight is 348 g/mol. The zero-order chi connectivity index (χ0) is 13.8. The van der Waals surface area contributed by atoms with Crippen LogP contribution in [0.2, 0.25) is 0 Å². The van der Waals surface area contributed by atoms with E-state index in [4.69, 9.17) is 0 Å². The van der Waals surface area contributed by atoms with E-state index < -0.39 is 0 Å². The van der Waals surface area contributed by atoms with Crippen molar-refractivity contribution >= 4 is 33.0 Å². The number of aromatic nitrogens is 2. The first kappa shape index (κ1) is 13.4. The van der Waals surface area contributed by atoms with E-state index in [2.05, 4.69) is 62.1 Å². The maximum absolute atomic E-state index is 4.21. The Morgan fingerprint density at radius 3 is 2.75 bits per heavy atom. The molecular weight excluding hydrogens is 334 g/mol. The average Bonchev–Trinajstić information content (AvgIpc) is 3.10. The molecule has 0 fully saturated rings. The Labute approximate surface area is 130 Å². The van der Waals surface area contributed by atoms with Crippen LogP contribution in [0.15, 0.2) is 58.6 Å². The smallest absolute Gasteiger partial charge is 0.0659 e. The van der Waals surface area contributed by atoms with Crippen LogP contribution in [-0.4, -0.2) is 9.78 Å². The summed E-state index contributed by atoms with van der Waals surface area (Å²) in [7, 11) is 0. The number of benzene rings is 1. The molecular formula is C15H14BrN3S. The lowest BCUT2D eigenvalue weighted by molar-refractivity contribution is 0.687. The van der Waals surface area contributed by atoms with Crippen LogP contribution in [0.5, 0.6) is 0 Å². The molecule has 0 radical (unpaired) electrons. The lowest BCUT2D eigenvalue weighted by Crippen LogP contribution is -2.01. The molecule has 0 amide bonds. The minimum absolute atomic E-state index is 0.811. The minimum Gasteiger partial charge on any atom is -0.380 e. The van der Waals surface area contributed by atoms with Crippen molar-refractivity contribution in [2.75, 3.05) is 5.32 Å². The SMILES string of the molecule is Brc1csc(CNc2ccc(Cn3cccn3)cc2)c1. The van der Waals surface area contributed by atoms with Crippen LogP contribution in [-0.2, 0) is 13.1 Å². The van der Waals surface area contributed by atoms with Crippen molar-refractivity contribution in [3.63, 3.8) is 0 Å². The molecule has 3 rings (SSSR count). The topological polar surface area (TPSA) is 29.9 Å². The third-order valence-electron chi connectivity index (χ3n) is 2.95. The summed E-state index contributed by atoms with van der Waals surface area (Å²) in [6, 6.07) is 12.6. The molecule has 20 heavy (non-hydrogen) atoms. The van der Waals surface area contributed by atoms with Crippen molar-refractivity contribution in [3.8, 4) is 0 Å². The number of nitrogens with one attached hydrogen (secondary N) is 1. The fraction of sp³-hybridized carbons (Fsp3) is 0.133. The van der Waals surface area contributed by atoms with Crippen LogP contribution >= 0.6 is 27.3 Å². The van der Waals surface area contributed by atoms with Crippen molar-refractivity contribution in [2.24, 2.45) is 0 Å². The number of rotatable bonds is 5. The highest BCUT2D eigenvalue weighted by Gasteiger charge is 1.99. The Balaban J connectivity index is 1.58. The van der Waals surface area contributed by atoms with E-state index in [1.165, 1.54) is 10.4 Å². The summed E-state index contributed by atoms with van der Waals surface area (Å²) in [5.74, 6) is 0. The van der Waals surface area contributed by atoms with Gasteiger partial charge in [-0.15, -0.1) is 11.3 Å². The third-order valence-corrected chi connectivity index (χ3v) is 4.64. The summed E-state index contributed by atoms with van der Waals surface area (Å²) in [6.07, 6.45) is 3.77. The highest BCUT2D eigenvalue weighted by Crippen LogP contribution is 2.21. The van der Waals surface area contributed by atoms with E-state index in [0.29, 0.717) is 0 Å². The van der Waals surface area contributed by atoms with E-state index in [0.717, 1.165) is 23.2 Å². The summed E-state index contributed by atoms with van der Waals surface area (Å²) >= 11 is 5.22. The van der Waals surface area contributed by atoms with E-state index >= 15 is 0 Å².